The Morgan fingerprint density at radius 1 is 1.18 bits per heavy atom. The van der Waals surface area contributed by atoms with Crippen molar-refractivity contribution in [1.82, 2.24) is 19.7 Å². The molecule has 2 N–H and O–H groups in total. The van der Waals surface area contributed by atoms with E-state index in [2.05, 4.69) is 20.2 Å². The van der Waals surface area contributed by atoms with Gasteiger partial charge in [0.05, 0.1) is 17.2 Å². The van der Waals surface area contributed by atoms with Gasteiger partial charge in [0.15, 0.2) is 5.69 Å². The number of fused-ring (bicyclic) bond motifs is 1. The van der Waals surface area contributed by atoms with Gasteiger partial charge in [0.1, 0.15) is 18.4 Å². The van der Waals surface area contributed by atoms with Crippen molar-refractivity contribution in [1.29, 1.82) is 0 Å². The van der Waals surface area contributed by atoms with Crippen LogP contribution in [0.4, 0.5) is 11.5 Å². The highest BCUT2D eigenvalue weighted by molar-refractivity contribution is 6.04. The number of rotatable bonds is 8. The van der Waals surface area contributed by atoms with Gasteiger partial charge < -0.3 is 24.5 Å². The summed E-state index contributed by atoms with van der Waals surface area (Å²) in [5, 5.41) is 19.5. The lowest BCUT2D eigenvalue weighted by molar-refractivity contribution is -0.112. The number of oxazole rings is 1. The molecule has 3 aromatic heterocycles. The Bertz CT molecular complexity index is 1560. The lowest BCUT2D eigenvalue weighted by atomic mass is 9.87. The summed E-state index contributed by atoms with van der Waals surface area (Å²) in [6.07, 6.45) is 11.9. The third-order valence-electron chi connectivity index (χ3n) is 8.06. The minimum Gasteiger partial charge on any atom is -0.444 e. The molecule has 1 aromatic carbocycles. The molecule has 40 heavy (non-hydrogen) atoms. The zero-order chi connectivity index (χ0) is 28.0. The second kappa shape index (κ2) is 10.2. The Kier molecular flexibility index (Phi) is 6.66. The van der Waals surface area contributed by atoms with Crippen LogP contribution in [0.25, 0.3) is 22.4 Å². The SMILES string of the molecule is CN(c1cc(-c2nc(C(=O)Nc3cc4cn(C5CCC(C=O)CC5)nc4cc3C(C)(C)O)co2)ccn1)C1CC1. The van der Waals surface area contributed by atoms with Gasteiger partial charge in [-0.3, -0.25) is 9.48 Å². The predicted octanol–water partition coefficient (Wildman–Crippen LogP) is 5.09. The zero-order valence-electron chi connectivity index (χ0n) is 23.0. The van der Waals surface area contributed by atoms with Gasteiger partial charge >= 0.3 is 0 Å². The third-order valence-corrected chi connectivity index (χ3v) is 8.06. The lowest BCUT2D eigenvalue weighted by Crippen LogP contribution is -2.21. The fraction of sp³-hybridized carbons (Fsp3) is 0.433. The van der Waals surface area contributed by atoms with E-state index in [-0.39, 0.29) is 17.7 Å². The number of aldehydes is 1. The Balaban J connectivity index is 1.24. The van der Waals surface area contributed by atoms with E-state index in [1.165, 1.54) is 6.26 Å². The van der Waals surface area contributed by atoms with Gasteiger partial charge in [-0.25, -0.2) is 9.97 Å². The van der Waals surface area contributed by atoms with Crippen LogP contribution in [0.5, 0.6) is 0 Å². The van der Waals surface area contributed by atoms with Crippen LogP contribution >= 0.6 is 0 Å². The first-order chi connectivity index (χ1) is 19.2. The molecule has 0 radical (unpaired) electrons. The van der Waals surface area contributed by atoms with Crippen LogP contribution < -0.4 is 10.2 Å². The van der Waals surface area contributed by atoms with Crippen LogP contribution in [-0.2, 0) is 10.4 Å². The molecule has 4 aromatic rings. The van der Waals surface area contributed by atoms with Crippen molar-refractivity contribution >= 4 is 34.6 Å². The Labute approximate surface area is 232 Å². The van der Waals surface area contributed by atoms with Gasteiger partial charge in [-0.2, -0.15) is 5.10 Å². The molecule has 2 saturated carbocycles. The molecule has 0 saturated heterocycles. The van der Waals surface area contributed by atoms with Gasteiger partial charge in [-0.05, 0) is 76.6 Å². The van der Waals surface area contributed by atoms with Gasteiger partial charge in [0, 0.05) is 53.6 Å². The Morgan fingerprint density at radius 3 is 2.65 bits per heavy atom. The van der Waals surface area contributed by atoms with Crippen molar-refractivity contribution < 1.29 is 19.1 Å². The molecule has 0 unspecified atom stereocenters. The van der Waals surface area contributed by atoms with Crippen LogP contribution in [0.2, 0.25) is 0 Å². The first-order valence-corrected chi connectivity index (χ1v) is 13.9. The standard InChI is InChI=1S/C30H34N6O4/c1-30(2,39)23-14-24-20(15-36(34-24)22-6-4-18(16-37)5-7-22)12-25(23)32-28(38)26-17-40-29(33-26)19-10-11-31-27(13-19)35(3)21-8-9-21/h10-18,21-22,39H,4-9H2,1-3H3,(H,32,38). The fourth-order valence-corrected chi connectivity index (χ4v) is 5.48. The predicted molar refractivity (Wildman–Crippen MR) is 151 cm³/mol. The van der Waals surface area contributed by atoms with Crippen molar-refractivity contribution in [2.75, 3.05) is 17.3 Å². The van der Waals surface area contributed by atoms with E-state index in [1.807, 2.05) is 36.1 Å². The number of nitrogens with one attached hydrogen (secondary N) is 1. The van der Waals surface area contributed by atoms with Gasteiger partial charge in [-0.1, -0.05) is 0 Å². The molecule has 3 heterocycles. The first-order valence-electron chi connectivity index (χ1n) is 13.9. The molecular weight excluding hydrogens is 508 g/mol. The van der Waals surface area contributed by atoms with E-state index < -0.39 is 11.5 Å². The maximum atomic E-state index is 13.3. The van der Waals surface area contributed by atoms with Crippen LogP contribution in [0.1, 0.15) is 74.5 Å². The topological polar surface area (TPSA) is 126 Å². The van der Waals surface area contributed by atoms with E-state index in [0.717, 1.165) is 67.1 Å². The summed E-state index contributed by atoms with van der Waals surface area (Å²) >= 11 is 0. The van der Waals surface area contributed by atoms with Crippen molar-refractivity contribution in [3.8, 4) is 11.5 Å². The summed E-state index contributed by atoms with van der Waals surface area (Å²) < 4.78 is 7.63. The molecule has 0 spiro atoms. The number of amides is 1. The minimum absolute atomic E-state index is 0.131. The average molecular weight is 543 g/mol. The number of anilines is 2. The number of nitrogens with zero attached hydrogens (tertiary/aromatic N) is 5. The number of hydrogen-bond acceptors (Lipinski definition) is 8. The average Bonchev–Trinajstić information content (AvgIpc) is 3.52. The van der Waals surface area contributed by atoms with Crippen molar-refractivity contribution in [3.05, 3.63) is 54.2 Å². The third kappa shape index (κ3) is 5.23. The molecule has 10 nitrogen and oxygen atoms in total. The summed E-state index contributed by atoms with van der Waals surface area (Å²) in [7, 11) is 2.02. The number of aliphatic hydroxyl groups is 1. The van der Waals surface area contributed by atoms with Gasteiger partial charge in [0.25, 0.3) is 5.91 Å². The molecule has 2 aliphatic carbocycles. The fourth-order valence-electron chi connectivity index (χ4n) is 5.48. The number of carbonyl (C=O) groups excluding carboxylic acids is 2. The number of pyridine rings is 1. The normalized spacial score (nSPS) is 19.5. The molecule has 10 heteroatoms. The van der Waals surface area contributed by atoms with E-state index in [9.17, 15) is 14.7 Å². The van der Waals surface area contributed by atoms with E-state index >= 15 is 0 Å². The van der Waals surface area contributed by atoms with Crippen molar-refractivity contribution in [2.45, 2.75) is 70.1 Å². The van der Waals surface area contributed by atoms with Crippen molar-refractivity contribution in [2.24, 2.45) is 5.92 Å². The maximum absolute atomic E-state index is 13.3. The molecule has 0 bridgehead atoms. The van der Waals surface area contributed by atoms with E-state index in [0.29, 0.717) is 23.2 Å². The van der Waals surface area contributed by atoms with Gasteiger partial charge in [0.2, 0.25) is 5.89 Å². The largest absolute Gasteiger partial charge is 0.444 e. The lowest BCUT2D eigenvalue weighted by Gasteiger charge is -2.25. The van der Waals surface area contributed by atoms with Crippen LogP contribution in [0.15, 0.2) is 47.3 Å². The molecule has 0 aliphatic heterocycles. The summed E-state index contributed by atoms with van der Waals surface area (Å²) in [4.78, 5) is 35.5. The van der Waals surface area contributed by atoms with Crippen LogP contribution in [0, 0.1) is 5.92 Å². The molecule has 2 aliphatic rings. The number of benzene rings is 1. The number of aromatic nitrogens is 4. The second-order valence-electron chi connectivity index (χ2n) is 11.6. The summed E-state index contributed by atoms with van der Waals surface area (Å²) in [6.45, 7) is 3.35. The summed E-state index contributed by atoms with van der Waals surface area (Å²) in [6, 6.07) is 8.11. The molecule has 0 atom stereocenters. The zero-order valence-corrected chi connectivity index (χ0v) is 23.0. The summed E-state index contributed by atoms with van der Waals surface area (Å²) in [5.41, 5.74) is 1.42. The monoisotopic (exact) mass is 542 g/mol. The van der Waals surface area contributed by atoms with Crippen LogP contribution in [-0.4, -0.2) is 50.1 Å². The first kappa shape index (κ1) is 26.2. The summed E-state index contributed by atoms with van der Waals surface area (Å²) in [5.74, 6) is 0.863. The number of hydrogen-bond donors (Lipinski definition) is 2. The van der Waals surface area contributed by atoms with E-state index in [4.69, 9.17) is 9.52 Å². The molecular formula is C30H34N6O4. The van der Waals surface area contributed by atoms with E-state index in [1.54, 1.807) is 26.1 Å². The highest BCUT2D eigenvalue weighted by Crippen LogP contribution is 2.36. The van der Waals surface area contributed by atoms with Crippen molar-refractivity contribution in [3.63, 3.8) is 0 Å². The highest BCUT2D eigenvalue weighted by atomic mass is 16.3. The quantitative estimate of drug-likeness (QED) is 0.295. The minimum atomic E-state index is -1.22. The molecule has 6 rings (SSSR count). The van der Waals surface area contributed by atoms with Crippen LogP contribution in [0.3, 0.4) is 0 Å². The second-order valence-corrected chi connectivity index (χ2v) is 11.6. The Morgan fingerprint density at radius 2 is 1.95 bits per heavy atom. The smallest absolute Gasteiger partial charge is 0.277 e. The van der Waals surface area contributed by atoms with Gasteiger partial charge in [-0.15, -0.1) is 0 Å². The maximum Gasteiger partial charge on any atom is 0.277 e. The Hall–Kier alpha value is -4.05. The number of carbonyl (C=O) groups is 2. The molecule has 208 valence electrons. The highest BCUT2D eigenvalue weighted by Gasteiger charge is 2.28. The molecule has 2 fully saturated rings. The molecule has 1 amide bonds.